The van der Waals surface area contributed by atoms with Gasteiger partial charge in [0.05, 0.1) is 0 Å². The third kappa shape index (κ3) is 2.85. The molecule has 1 unspecified atom stereocenters. The lowest BCUT2D eigenvalue weighted by molar-refractivity contribution is -0.149. The van der Waals surface area contributed by atoms with Crippen molar-refractivity contribution >= 4 is 17.9 Å². The van der Waals surface area contributed by atoms with Crippen molar-refractivity contribution in [2.45, 2.75) is 25.0 Å². The topological polar surface area (TPSA) is 75.7 Å². The van der Waals surface area contributed by atoms with E-state index < -0.39 is 35.8 Å². The van der Waals surface area contributed by atoms with Gasteiger partial charge in [-0.15, -0.1) is 0 Å². The Bertz CT molecular complexity index is 945. The number of aryl methyl sites for hydroxylation is 1. The van der Waals surface area contributed by atoms with Crippen molar-refractivity contribution in [3.05, 3.63) is 71.0 Å². The largest absolute Gasteiger partial charge is 0.459 e. The molecule has 1 heterocycles. The van der Waals surface area contributed by atoms with Crippen LogP contribution in [0.3, 0.4) is 0 Å². The maximum atomic E-state index is 13.6. The molecular formula is C20H17FN2O4. The van der Waals surface area contributed by atoms with Crippen LogP contribution in [0.5, 0.6) is 0 Å². The molecule has 2 aromatic carbocycles. The lowest BCUT2D eigenvalue weighted by Crippen LogP contribution is -2.42. The van der Waals surface area contributed by atoms with E-state index in [1.165, 1.54) is 18.2 Å². The second-order valence-corrected chi connectivity index (χ2v) is 6.64. The van der Waals surface area contributed by atoms with Gasteiger partial charge in [0.1, 0.15) is 24.5 Å². The van der Waals surface area contributed by atoms with Gasteiger partial charge in [-0.1, -0.05) is 42.5 Å². The minimum atomic E-state index is -1.11. The van der Waals surface area contributed by atoms with Crippen molar-refractivity contribution in [1.82, 2.24) is 10.2 Å². The molecule has 1 aliphatic carbocycles. The fourth-order valence-electron chi connectivity index (χ4n) is 3.68. The smallest absolute Gasteiger partial charge is 0.326 e. The number of esters is 1. The van der Waals surface area contributed by atoms with E-state index in [2.05, 4.69) is 5.32 Å². The first-order chi connectivity index (χ1) is 13.0. The van der Waals surface area contributed by atoms with Crippen LogP contribution in [-0.4, -0.2) is 29.4 Å². The van der Waals surface area contributed by atoms with Crippen molar-refractivity contribution < 1.29 is 23.5 Å². The first-order valence-electron chi connectivity index (χ1n) is 8.63. The maximum Gasteiger partial charge on any atom is 0.326 e. The average molecular weight is 368 g/mol. The van der Waals surface area contributed by atoms with Gasteiger partial charge in [0.15, 0.2) is 0 Å². The van der Waals surface area contributed by atoms with Crippen molar-refractivity contribution in [1.29, 1.82) is 0 Å². The average Bonchev–Trinajstić information content (AvgIpc) is 3.15. The lowest BCUT2D eigenvalue weighted by atomic mass is 9.92. The lowest BCUT2D eigenvalue weighted by Gasteiger charge is -2.22. The Hall–Kier alpha value is -3.22. The van der Waals surface area contributed by atoms with Crippen LogP contribution >= 0.6 is 0 Å². The Morgan fingerprint density at radius 2 is 1.89 bits per heavy atom. The monoisotopic (exact) mass is 368 g/mol. The Balaban J connectivity index is 1.46. The van der Waals surface area contributed by atoms with Gasteiger partial charge in [0.25, 0.3) is 5.91 Å². The Morgan fingerprint density at radius 3 is 2.70 bits per heavy atom. The van der Waals surface area contributed by atoms with E-state index in [4.69, 9.17) is 4.74 Å². The van der Waals surface area contributed by atoms with Crippen molar-refractivity contribution in [2.24, 2.45) is 0 Å². The van der Waals surface area contributed by atoms with Crippen molar-refractivity contribution in [2.75, 3.05) is 6.54 Å². The number of nitrogens with one attached hydrogen (secondary N) is 1. The van der Waals surface area contributed by atoms with Gasteiger partial charge >= 0.3 is 12.0 Å². The quantitative estimate of drug-likeness (QED) is 0.664. The highest BCUT2D eigenvalue weighted by atomic mass is 19.1. The zero-order valence-electron chi connectivity index (χ0n) is 14.4. The third-order valence-corrected chi connectivity index (χ3v) is 5.06. The highest BCUT2D eigenvalue weighted by molar-refractivity contribution is 6.09. The van der Waals surface area contributed by atoms with E-state index in [9.17, 15) is 18.8 Å². The molecule has 138 valence electrons. The summed E-state index contributed by atoms with van der Waals surface area (Å²) in [6.07, 6.45) is 1.13. The standard InChI is InChI=1S/C20H17FN2O4/c21-16-8-4-2-6-14(16)12-27-17(24)11-23-18(25)20(22-19(23)26)10-9-13-5-1-3-7-15(13)20/h1-8H,9-12H2,(H,22,26). The second-order valence-electron chi connectivity index (χ2n) is 6.64. The Kier molecular flexibility index (Phi) is 4.14. The van der Waals surface area contributed by atoms with Crippen LogP contribution in [0.25, 0.3) is 0 Å². The summed E-state index contributed by atoms with van der Waals surface area (Å²) < 4.78 is 18.6. The molecule has 0 bridgehead atoms. The van der Waals surface area contributed by atoms with Gasteiger partial charge in [-0.2, -0.15) is 0 Å². The Labute approximate surface area is 154 Å². The number of halogens is 1. The van der Waals surface area contributed by atoms with Gasteiger partial charge in [-0.25, -0.2) is 9.18 Å². The summed E-state index contributed by atoms with van der Waals surface area (Å²) in [4.78, 5) is 38.3. The highest BCUT2D eigenvalue weighted by Crippen LogP contribution is 2.41. The Morgan fingerprint density at radius 1 is 1.15 bits per heavy atom. The number of benzene rings is 2. The van der Waals surface area contributed by atoms with Gasteiger partial charge in [0, 0.05) is 5.56 Å². The molecular weight excluding hydrogens is 351 g/mol. The molecule has 0 radical (unpaired) electrons. The van der Waals surface area contributed by atoms with Gasteiger partial charge < -0.3 is 10.1 Å². The summed E-state index contributed by atoms with van der Waals surface area (Å²) in [5.41, 5.74) is 0.893. The molecule has 2 aliphatic rings. The molecule has 1 atom stereocenters. The number of hydrogen-bond donors (Lipinski definition) is 1. The van der Waals surface area contributed by atoms with E-state index in [1.807, 2.05) is 24.3 Å². The van der Waals surface area contributed by atoms with Gasteiger partial charge in [-0.05, 0) is 30.0 Å². The highest BCUT2D eigenvalue weighted by Gasteiger charge is 2.55. The van der Waals surface area contributed by atoms with E-state index in [0.717, 1.165) is 16.0 Å². The van der Waals surface area contributed by atoms with Crippen LogP contribution in [0.2, 0.25) is 0 Å². The fraction of sp³-hybridized carbons (Fsp3) is 0.250. The fourth-order valence-corrected chi connectivity index (χ4v) is 3.68. The van der Waals surface area contributed by atoms with E-state index in [-0.39, 0.29) is 12.2 Å². The first kappa shape index (κ1) is 17.2. The molecule has 4 rings (SSSR count). The number of ether oxygens (including phenoxy) is 1. The molecule has 2 aromatic rings. The van der Waals surface area contributed by atoms with Crippen LogP contribution < -0.4 is 5.32 Å². The normalized spacial score (nSPS) is 20.7. The summed E-state index contributed by atoms with van der Waals surface area (Å²) in [7, 11) is 0. The second kappa shape index (κ2) is 6.50. The van der Waals surface area contributed by atoms with E-state index in [0.29, 0.717) is 12.8 Å². The maximum absolute atomic E-state index is 13.6. The number of amides is 3. The zero-order valence-corrected chi connectivity index (χ0v) is 14.4. The molecule has 1 aliphatic heterocycles. The minimum Gasteiger partial charge on any atom is -0.459 e. The minimum absolute atomic E-state index is 0.226. The molecule has 1 saturated heterocycles. The number of rotatable bonds is 4. The number of carbonyl (C=O) groups is 3. The third-order valence-electron chi connectivity index (χ3n) is 5.06. The van der Waals surface area contributed by atoms with E-state index >= 15 is 0 Å². The summed E-state index contributed by atoms with van der Waals surface area (Å²) in [5.74, 6) is -1.72. The van der Waals surface area contributed by atoms with Crippen molar-refractivity contribution in [3.63, 3.8) is 0 Å². The van der Waals surface area contributed by atoms with Crippen LogP contribution in [-0.2, 0) is 32.9 Å². The molecule has 6 nitrogen and oxygen atoms in total. The molecule has 1 N–H and O–H groups in total. The predicted molar refractivity (Wildman–Crippen MR) is 92.9 cm³/mol. The molecule has 7 heteroatoms. The van der Waals surface area contributed by atoms with Crippen LogP contribution in [0.15, 0.2) is 48.5 Å². The SMILES string of the molecule is O=C(CN1C(=O)NC2(CCc3ccccc32)C1=O)OCc1ccccc1F. The molecule has 0 aromatic heterocycles. The van der Waals surface area contributed by atoms with Crippen molar-refractivity contribution in [3.8, 4) is 0 Å². The number of imide groups is 1. The summed E-state index contributed by atoms with van der Waals surface area (Å²) in [6.45, 7) is -0.772. The number of fused-ring (bicyclic) bond motifs is 2. The summed E-state index contributed by atoms with van der Waals surface area (Å²) >= 11 is 0. The number of nitrogens with zero attached hydrogens (tertiary/aromatic N) is 1. The van der Waals surface area contributed by atoms with Crippen LogP contribution in [0, 0.1) is 5.82 Å². The summed E-state index contributed by atoms with van der Waals surface area (Å²) in [6, 6.07) is 12.8. The zero-order chi connectivity index (χ0) is 19.0. The van der Waals surface area contributed by atoms with Gasteiger partial charge in [0.2, 0.25) is 0 Å². The number of urea groups is 1. The molecule has 1 fully saturated rings. The van der Waals surface area contributed by atoms with Gasteiger partial charge in [-0.3, -0.25) is 14.5 Å². The molecule has 3 amide bonds. The summed E-state index contributed by atoms with van der Waals surface area (Å²) in [5, 5.41) is 2.74. The number of carbonyl (C=O) groups excluding carboxylic acids is 3. The number of hydrogen-bond acceptors (Lipinski definition) is 4. The molecule has 27 heavy (non-hydrogen) atoms. The molecule has 1 spiro atoms. The van der Waals surface area contributed by atoms with E-state index in [1.54, 1.807) is 6.07 Å². The predicted octanol–water partition coefficient (Wildman–Crippen LogP) is 2.26. The van der Waals surface area contributed by atoms with Crippen LogP contribution in [0.4, 0.5) is 9.18 Å². The van der Waals surface area contributed by atoms with Crippen LogP contribution in [0.1, 0.15) is 23.1 Å². The molecule has 0 saturated carbocycles. The first-order valence-corrected chi connectivity index (χ1v) is 8.63.